The summed E-state index contributed by atoms with van der Waals surface area (Å²) in [6.45, 7) is 0. The minimum Gasteiger partial charge on any atom is -0.362 e. The highest BCUT2D eigenvalue weighted by atomic mass is 16.5. The lowest BCUT2D eigenvalue weighted by atomic mass is 10.1. The maximum Gasteiger partial charge on any atom is 0.258 e. The number of carbonyl (C=O) groups excluding carboxylic acids is 1. The number of carbonyl (C=O) groups is 1. The lowest BCUT2D eigenvalue weighted by molar-refractivity contribution is -0.110. The van der Waals surface area contributed by atoms with Crippen LogP contribution in [0.5, 0.6) is 0 Å². The van der Waals surface area contributed by atoms with Crippen molar-refractivity contribution >= 4 is 34.6 Å². The molecule has 1 aliphatic heterocycles. The summed E-state index contributed by atoms with van der Waals surface area (Å²) in [6.07, 6.45) is 3.68. The molecule has 0 aliphatic carbocycles. The van der Waals surface area contributed by atoms with Crippen molar-refractivity contribution in [3.8, 4) is 22.8 Å². The smallest absolute Gasteiger partial charge is 0.258 e. The van der Waals surface area contributed by atoms with Gasteiger partial charge in [0.25, 0.3) is 11.8 Å². The van der Waals surface area contributed by atoms with Crippen LogP contribution in [0.15, 0.2) is 95.6 Å². The number of rotatable bonds is 5. The van der Waals surface area contributed by atoms with Crippen LogP contribution in [0.4, 0.5) is 17.1 Å². The van der Waals surface area contributed by atoms with Gasteiger partial charge in [0.2, 0.25) is 5.82 Å². The molecule has 0 saturated heterocycles. The molecule has 0 radical (unpaired) electrons. The molecule has 0 unspecified atom stereocenters. The Bertz CT molecular complexity index is 1520. The quantitative estimate of drug-likeness (QED) is 0.290. The molecule has 1 aliphatic rings. The first-order valence-corrected chi connectivity index (χ1v) is 10.8. The molecule has 0 fully saturated rings. The largest absolute Gasteiger partial charge is 0.362 e. The molecule has 7 heteroatoms. The first-order valence-electron chi connectivity index (χ1n) is 10.8. The van der Waals surface area contributed by atoms with Crippen molar-refractivity contribution in [3.63, 3.8) is 0 Å². The van der Waals surface area contributed by atoms with Crippen molar-refractivity contribution in [2.24, 2.45) is 0 Å². The van der Waals surface area contributed by atoms with Gasteiger partial charge in [-0.05, 0) is 48.5 Å². The van der Waals surface area contributed by atoms with E-state index < -0.39 is 0 Å². The van der Waals surface area contributed by atoms with Crippen LogP contribution in [-0.2, 0) is 4.79 Å². The van der Waals surface area contributed by atoms with Crippen LogP contribution in [0.2, 0.25) is 0 Å². The number of amides is 1. The topological polar surface area (TPSA) is 95.8 Å². The van der Waals surface area contributed by atoms with E-state index in [0.717, 1.165) is 39.4 Å². The maximum absolute atomic E-state index is 12.5. The van der Waals surface area contributed by atoms with Crippen LogP contribution >= 0.6 is 0 Å². The molecule has 7 nitrogen and oxygen atoms in total. The molecule has 1 amide bonds. The number of anilines is 3. The van der Waals surface area contributed by atoms with Crippen molar-refractivity contribution in [1.29, 1.82) is 0 Å². The van der Waals surface area contributed by atoms with Crippen molar-refractivity contribution in [3.05, 3.63) is 102 Å². The van der Waals surface area contributed by atoms with Gasteiger partial charge in [0, 0.05) is 40.0 Å². The molecule has 34 heavy (non-hydrogen) atoms. The molecule has 0 spiro atoms. The Morgan fingerprint density at radius 3 is 2.56 bits per heavy atom. The van der Waals surface area contributed by atoms with Crippen molar-refractivity contribution in [2.75, 3.05) is 10.6 Å². The summed E-state index contributed by atoms with van der Waals surface area (Å²) >= 11 is 0. The molecule has 2 aromatic heterocycles. The van der Waals surface area contributed by atoms with Gasteiger partial charge in [0.1, 0.15) is 0 Å². The van der Waals surface area contributed by atoms with E-state index in [-0.39, 0.29) is 5.91 Å². The van der Waals surface area contributed by atoms with Crippen molar-refractivity contribution in [2.45, 2.75) is 0 Å². The third kappa shape index (κ3) is 3.75. The van der Waals surface area contributed by atoms with Crippen molar-refractivity contribution in [1.82, 2.24) is 15.1 Å². The second-order valence-corrected chi connectivity index (χ2v) is 7.89. The average Bonchev–Trinajstić information content (AvgIpc) is 3.61. The Hall–Kier alpha value is -4.91. The minimum atomic E-state index is -0.116. The standard InChI is InChI=1S/C27H19N5O2/c33-26-23(15-19-10-5-13-28-19)22-12-11-21(16-24(22)30-26)29-20-9-4-8-18(14-20)27-31-25(32-34-27)17-6-2-1-3-7-17/h1-16,28-29H,(H,30,33). The van der Waals surface area contributed by atoms with E-state index in [4.69, 9.17) is 4.52 Å². The van der Waals surface area contributed by atoms with E-state index in [2.05, 4.69) is 25.8 Å². The number of H-pyrrole nitrogens is 1. The van der Waals surface area contributed by atoms with E-state index in [9.17, 15) is 4.79 Å². The molecule has 3 heterocycles. The van der Waals surface area contributed by atoms with E-state index in [1.807, 2.05) is 97.2 Å². The Morgan fingerprint density at radius 2 is 1.71 bits per heavy atom. The van der Waals surface area contributed by atoms with Gasteiger partial charge < -0.3 is 20.1 Å². The van der Waals surface area contributed by atoms with Crippen LogP contribution in [0, 0.1) is 0 Å². The molecule has 3 aromatic carbocycles. The summed E-state index contributed by atoms with van der Waals surface area (Å²) in [6, 6.07) is 27.1. The predicted octanol–water partition coefficient (Wildman–Crippen LogP) is 5.97. The molecule has 0 atom stereocenters. The predicted molar refractivity (Wildman–Crippen MR) is 132 cm³/mol. The summed E-state index contributed by atoms with van der Waals surface area (Å²) in [5, 5.41) is 10.4. The zero-order valence-corrected chi connectivity index (χ0v) is 17.9. The molecule has 5 aromatic rings. The first kappa shape index (κ1) is 19.8. The number of benzene rings is 3. The lowest BCUT2D eigenvalue weighted by Crippen LogP contribution is -2.03. The van der Waals surface area contributed by atoms with E-state index in [0.29, 0.717) is 17.3 Å². The number of aromatic nitrogens is 3. The van der Waals surface area contributed by atoms with Gasteiger partial charge in [-0.2, -0.15) is 4.98 Å². The number of hydrogen-bond donors (Lipinski definition) is 3. The fourth-order valence-corrected chi connectivity index (χ4v) is 3.95. The van der Waals surface area contributed by atoms with Gasteiger partial charge in [-0.1, -0.05) is 47.6 Å². The molecular formula is C27H19N5O2. The zero-order valence-electron chi connectivity index (χ0n) is 17.9. The molecular weight excluding hydrogens is 426 g/mol. The second-order valence-electron chi connectivity index (χ2n) is 7.89. The van der Waals surface area contributed by atoms with Crippen LogP contribution in [-0.4, -0.2) is 21.0 Å². The number of nitrogens with one attached hydrogen (secondary N) is 3. The minimum absolute atomic E-state index is 0.116. The van der Waals surface area contributed by atoms with Gasteiger partial charge in [-0.15, -0.1) is 0 Å². The third-order valence-corrected chi connectivity index (χ3v) is 5.58. The summed E-state index contributed by atoms with van der Waals surface area (Å²) in [4.78, 5) is 20.1. The van der Waals surface area contributed by atoms with Gasteiger partial charge in [-0.25, -0.2) is 0 Å². The molecule has 6 rings (SSSR count). The SMILES string of the molecule is O=C1Nc2cc(Nc3cccc(-c4nc(-c5ccccc5)no4)c3)ccc2C1=Cc1ccc[nH]1. The fourth-order valence-electron chi connectivity index (χ4n) is 3.95. The van der Waals surface area contributed by atoms with Gasteiger partial charge in [0.05, 0.1) is 11.3 Å². The van der Waals surface area contributed by atoms with E-state index in [1.165, 1.54) is 0 Å². The number of nitrogens with zero attached hydrogens (tertiary/aromatic N) is 2. The Balaban J connectivity index is 1.24. The normalized spacial score (nSPS) is 13.6. The molecule has 0 saturated carbocycles. The first-order chi connectivity index (χ1) is 16.7. The Kier molecular flexibility index (Phi) is 4.77. The number of aromatic amines is 1. The number of hydrogen-bond acceptors (Lipinski definition) is 5. The van der Waals surface area contributed by atoms with E-state index >= 15 is 0 Å². The Morgan fingerprint density at radius 1 is 0.853 bits per heavy atom. The monoisotopic (exact) mass is 445 g/mol. The average molecular weight is 445 g/mol. The third-order valence-electron chi connectivity index (χ3n) is 5.58. The van der Waals surface area contributed by atoms with E-state index in [1.54, 1.807) is 0 Å². The maximum atomic E-state index is 12.5. The van der Waals surface area contributed by atoms with Crippen LogP contribution in [0.3, 0.4) is 0 Å². The van der Waals surface area contributed by atoms with Crippen molar-refractivity contribution < 1.29 is 9.32 Å². The highest BCUT2D eigenvalue weighted by Gasteiger charge is 2.24. The van der Waals surface area contributed by atoms with Crippen LogP contribution < -0.4 is 10.6 Å². The Labute approximate surface area is 195 Å². The summed E-state index contributed by atoms with van der Waals surface area (Å²) in [7, 11) is 0. The van der Waals surface area contributed by atoms with Gasteiger partial charge in [-0.3, -0.25) is 4.79 Å². The summed E-state index contributed by atoms with van der Waals surface area (Å²) < 4.78 is 5.49. The summed E-state index contributed by atoms with van der Waals surface area (Å²) in [5.74, 6) is 0.878. The molecule has 0 bridgehead atoms. The lowest BCUT2D eigenvalue weighted by Gasteiger charge is -2.09. The highest BCUT2D eigenvalue weighted by molar-refractivity contribution is 6.35. The molecule has 164 valence electrons. The molecule has 3 N–H and O–H groups in total. The van der Waals surface area contributed by atoms with Crippen LogP contribution in [0.25, 0.3) is 34.5 Å². The van der Waals surface area contributed by atoms with Crippen LogP contribution in [0.1, 0.15) is 11.3 Å². The number of fused-ring (bicyclic) bond motifs is 1. The second kappa shape index (κ2) is 8.22. The highest BCUT2D eigenvalue weighted by Crippen LogP contribution is 2.36. The van der Waals surface area contributed by atoms with Gasteiger partial charge >= 0.3 is 0 Å². The summed E-state index contributed by atoms with van der Waals surface area (Å²) in [5.41, 5.74) is 6.59. The fraction of sp³-hybridized carbons (Fsp3) is 0. The van der Waals surface area contributed by atoms with Gasteiger partial charge in [0.15, 0.2) is 0 Å². The zero-order chi connectivity index (χ0) is 22.9.